The SMILES string of the molecule is Cc1cccc(OCCCC(=O)Nc2ccccc2CN2CCCC(C(N)=O)C2)c1. The van der Waals surface area contributed by atoms with Crippen LogP contribution in [0.15, 0.2) is 48.5 Å². The topological polar surface area (TPSA) is 84.7 Å². The van der Waals surface area contributed by atoms with Gasteiger partial charge in [0, 0.05) is 25.2 Å². The number of piperidine rings is 1. The zero-order valence-electron chi connectivity index (χ0n) is 17.6. The maximum atomic E-state index is 12.4. The number of nitrogens with one attached hydrogen (secondary N) is 1. The molecule has 1 aliphatic heterocycles. The molecule has 6 nitrogen and oxygen atoms in total. The van der Waals surface area contributed by atoms with Gasteiger partial charge in [-0.3, -0.25) is 14.5 Å². The van der Waals surface area contributed by atoms with Crippen molar-refractivity contribution in [3.05, 3.63) is 59.7 Å². The Kier molecular flexibility index (Phi) is 7.85. The van der Waals surface area contributed by atoms with E-state index in [0.29, 0.717) is 32.5 Å². The maximum Gasteiger partial charge on any atom is 0.224 e. The lowest BCUT2D eigenvalue weighted by molar-refractivity contribution is -0.123. The van der Waals surface area contributed by atoms with Crippen molar-refractivity contribution < 1.29 is 14.3 Å². The van der Waals surface area contributed by atoms with E-state index in [1.54, 1.807) is 0 Å². The molecule has 2 aromatic carbocycles. The molecule has 0 radical (unpaired) electrons. The van der Waals surface area contributed by atoms with Crippen LogP contribution in [-0.2, 0) is 16.1 Å². The van der Waals surface area contributed by atoms with Gasteiger partial charge in [-0.2, -0.15) is 0 Å². The third kappa shape index (κ3) is 6.59. The molecule has 160 valence electrons. The van der Waals surface area contributed by atoms with Gasteiger partial charge < -0.3 is 15.8 Å². The Hall–Kier alpha value is -2.86. The number of hydrogen-bond acceptors (Lipinski definition) is 4. The first-order valence-corrected chi connectivity index (χ1v) is 10.6. The van der Waals surface area contributed by atoms with Crippen LogP contribution in [0.2, 0.25) is 0 Å². The zero-order valence-corrected chi connectivity index (χ0v) is 17.6. The van der Waals surface area contributed by atoms with Crippen molar-refractivity contribution in [2.45, 2.75) is 39.2 Å². The molecule has 2 aromatic rings. The highest BCUT2D eigenvalue weighted by atomic mass is 16.5. The lowest BCUT2D eigenvalue weighted by atomic mass is 9.97. The number of rotatable bonds is 9. The summed E-state index contributed by atoms with van der Waals surface area (Å²) in [4.78, 5) is 26.2. The minimum absolute atomic E-state index is 0.0241. The average molecular weight is 410 g/mol. The summed E-state index contributed by atoms with van der Waals surface area (Å²) in [5, 5.41) is 3.03. The van der Waals surface area contributed by atoms with Crippen molar-refractivity contribution in [3.8, 4) is 5.75 Å². The fourth-order valence-corrected chi connectivity index (χ4v) is 3.79. The number of aryl methyl sites for hydroxylation is 1. The van der Waals surface area contributed by atoms with Crippen LogP contribution in [0.5, 0.6) is 5.75 Å². The maximum absolute atomic E-state index is 12.4. The van der Waals surface area contributed by atoms with E-state index in [0.717, 1.165) is 42.0 Å². The first-order chi connectivity index (χ1) is 14.5. The quantitative estimate of drug-likeness (QED) is 0.621. The van der Waals surface area contributed by atoms with E-state index in [1.165, 1.54) is 0 Å². The summed E-state index contributed by atoms with van der Waals surface area (Å²) in [7, 11) is 0. The number of primary amides is 1. The Morgan fingerprint density at radius 1 is 1.20 bits per heavy atom. The van der Waals surface area contributed by atoms with E-state index in [9.17, 15) is 9.59 Å². The number of carbonyl (C=O) groups excluding carboxylic acids is 2. The number of carbonyl (C=O) groups is 2. The summed E-state index contributed by atoms with van der Waals surface area (Å²) in [5.74, 6) is 0.489. The number of para-hydroxylation sites is 1. The molecule has 30 heavy (non-hydrogen) atoms. The summed E-state index contributed by atoms with van der Waals surface area (Å²) in [6.45, 7) is 4.82. The van der Waals surface area contributed by atoms with Gasteiger partial charge in [0.25, 0.3) is 0 Å². The predicted molar refractivity (Wildman–Crippen MR) is 118 cm³/mol. The van der Waals surface area contributed by atoms with Gasteiger partial charge in [-0.1, -0.05) is 30.3 Å². The lowest BCUT2D eigenvalue weighted by Crippen LogP contribution is -2.40. The van der Waals surface area contributed by atoms with Gasteiger partial charge in [-0.25, -0.2) is 0 Å². The average Bonchev–Trinajstić information content (AvgIpc) is 2.73. The molecule has 1 saturated heterocycles. The summed E-state index contributed by atoms with van der Waals surface area (Å²) >= 11 is 0. The Bertz CT molecular complexity index is 868. The highest BCUT2D eigenvalue weighted by Gasteiger charge is 2.24. The predicted octanol–water partition coefficient (Wildman–Crippen LogP) is 3.49. The molecular weight excluding hydrogens is 378 g/mol. The van der Waals surface area contributed by atoms with Crippen molar-refractivity contribution in [1.29, 1.82) is 0 Å². The van der Waals surface area contributed by atoms with Crippen molar-refractivity contribution in [3.63, 3.8) is 0 Å². The Labute approximate surface area is 178 Å². The van der Waals surface area contributed by atoms with Crippen LogP contribution in [0, 0.1) is 12.8 Å². The number of nitrogens with zero attached hydrogens (tertiary/aromatic N) is 1. The molecule has 0 saturated carbocycles. The third-order valence-corrected chi connectivity index (χ3v) is 5.40. The Morgan fingerprint density at radius 3 is 2.83 bits per heavy atom. The Morgan fingerprint density at radius 2 is 2.03 bits per heavy atom. The number of anilines is 1. The molecule has 3 rings (SSSR count). The van der Waals surface area contributed by atoms with E-state index >= 15 is 0 Å². The van der Waals surface area contributed by atoms with Gasteiger partial charge in [0.2, 0.25) is 11.8 Å². The van der Waals surface area contributed by atoms with Crippen LogP contribution in [0.1, 0.15) is 36.8 Å². The number of amides is 2. The summed E-state index contributed by atoms with van der Waals surface area (Å²) in [6.07, 6.45) is 2.86. The molecule has 1 heterocycles. The van der Waals surface area contributed by atoms with Gasteiger partial charge in [-0.15, -0.1) is 0 Å². The number of hydrogen-bond donors (Lipinski definition) is 2. The zero-order chi connectivity index (χ0) is 21.3. The van der Waals surface area contributed by atoms with Crippen molar-refractivity contribution >= 4 is 17.5 Å². The van der Waals surface area contributed by atoms with Crippen molar-refractivity contribution in [2.24, 2.45) is 11.7 Å². The van der Waals surface area contributed by atoms with E-state index in [4.69, 9.17) is 10.5 Å². The molecule has 0 spiro atoms. The highest BCUT2D eigenvalue weighted by molar-refractivity contribution is 5.91. The highest BCUT2D eigenvalue weighted by Crippen LogP contribution is 2.22. The normalized spacial score (nSPS) is 16.8. The third-order valence-electron chi connectivity index (χ3n) is 5.40. The second kappa shape index (κ2) is 10.8. The molecular formula is C24H31N3O3. The summed E-state index contributed by atoms with van der Waals surface area (Å²) in [6, 6.07) is 15.7. The van der Waals surface area contributed by atoms with Crippen LogP contribution in [0.4, 0.5) is 5.69 Å². The van der Waals surface area contributed by atoms with E-state index in [-0.39, 0.29) is 17.7 Å². The second-order valence-corrected chi connectivity index (χ2v) is 7.95. The molecule has 1 unspecified atom stereocenters. The smallest absolute Gasteiger partial charge is 0.224 e. The van der Waals surface area contributed by atoms with Crippen LogP contribution in [0.25, 0.3) is 0 Å². The summed E-state index contributed by atoms with van der Waals surface area (Å²) in [5.41, 5.74) is 8.51. The molecule has 1 aliphatic rings. The molecule has 2 amide bonds. The van der Waals surface area contributed by atoms with Crippen molar-refractivity contribution in [1.82, 2.24) is 4.90 Å². The molecule has 1 fully saturated rings. The van der Waals surface area contributed by atoms with Crippen molar-refractivity contribution in [2.75, 3.05) is 25.0 Å². The fraction of sp³-hybridized carbons (Fsp3) is 0.417. The number of nitrogens with two attached hydrogens (primary N) is 1. The van der Waals surface area contributed by atoms with Crippen LogP contribution >= 0.6 is 0 Å². The first kappa shape index (κ1) is 21.8. The lowest BCUT2D eigenvalue weighted by Gasteiger charge is -2.31. The second-order valence-electron chi connectivity index (χ2n) is 7.95. The van der Waals surface area contributed by atoms with Gasteiger partial charge in [0.05, 0.1) is 12.5 Å². The molecule has 0 aliphatic carbocycles. The molecule has 3 N–H and O–H groups in total. The minimum atomic E-state index is -0.228. The first-order valence-electron chi connectivity index (χ1n) is 10.6. The van der Waals surface area contributed by atoms with Gasteiger partial charge in [0.1, 0.15) is 5.75 Å². The number of likely N-dealkylation sites (tertiary alicyclic amines) is 1. The van der Waals surface area contributed by atoms with Gasteiger partial charge in [0.15, 0.2) is 0 Å². The molecule has 6 heteroatoms. The van der Waals surface area contributed by atoms with Crippen LogP contribution in [-0.4, -0.2) is 36.4 Å². The minimum Gasteiger partial charge on any atom is -0.494 e. The molecule has 1 atom stereocenters. The monoisotopic (exact) mass is 409 g/mol. The number of benzene rings is 2. The van der Waals surface area contributed by atoms with Crippen LogP contribution in [0.3, 0.4) is 0 Å². The Balaban J connectivity index is 1.48. The van der Waals surface area contributed by atoms with E-state index in [2.05, 4.69) is 10.2 Å². The largest absolute Gasteiger partial charge is 0.494 e. The van der Waals surface area contributed by atoms with Gasteiger partial charge in [-0.05, 0) is 62.1 Å². The summed E-state index contributed by atoms with van der Waals surface area (Å²) < 4.78 is 5.72. The van der Waals surface area contributed by atoms with Gasteiger partial charge >= 0.3 is 0 Å². The molecule has 0 aromatic heterocycles. The van der Waals surface area contributed by atoms with E-state index in [1.807, 2.05) is 55.5 Å². The van der Waals surface area contributed by atoms with E-state index < -0.39 is 0 Å². The number of ether oxygens (including phenoxy) is 1. The molecule has 0 bridgehead atoms. The standard InChI is InChI=1S/C24H31N3O3/c1-18-7-4-10-21(15-18)30-14-6-12-23(28)26-22-11-3-2-8-19(22)16-27-13-5-9-20(17-27)24(25)29/h2-4,7-8,10-11,15,20H,5-6,9,12-14,16-17H2,1H3,(H2,25,29)(H,26,28). The fourth-order valence-electron chi connectivity index (χ4n) is 3.79. The van der Waals surface area contributed by atoms with Crippen LogP contribution < -0.4 is 15.8 Å².